The molecule has 1 aromatic rings. The van der Waals surface area contributed by atoms with Crippen molar-refractivity contribution in [3.63, 3.8) is 0 Å². The lowest BCUT2D eigenvalue weighted by Gasteiger charge is -2.21. The van der Waals surface area contributed by atoms with Crippen LogP contribution in [0.1, 0.15) is 24.1 Å². The van der Waals surface area contributed by atoms with Crippen LogP contribution in [0, 0.1) is 12.8 Å². The van der Waals surface area contributed by atoms with E-state index in [0.29, 0.717) is 19.0 Å². The van der Waals surface area contributed by atoms with Gasteiger partial charge in [0.25, 0.3) is 0 Å². The van der Waals surface area contributed by atoms with E-state index in [1.54, 1.807) is 10.9 Å². The van der Waals surface area contributed by atoms with Gasteiger partial charge in [-0.25, -0.2) is 4.79 Å². The summed E-state index contributed by atoms with van der Waals surface area (Å²) in [6.07, 6.45) is 3.86. The topological polar surface area (TPSA) is 87.5 Å². The molecule has 0 spiro atoms. The maximum absolute atomic E-state index is 12.1. The summed E-state index contributed by atoms with van der Waals surface area (Å²) >= 11 is 0. The summed E-state index contributed by atoms with van der Waals surface area (Å²) in [6, 6.07) is -0.331. The Morgan fingerprint density at radius 1 is 1.55 bits per heavy atom. The molecule has 1 saturated carbocycles. The number of hydrogen-bond donors (Lipinski definition) is 2. The molecule has 110 valence electrons. The van der Waals surface area contributed by atoms with Gasteiger partial charge >= 0.3 is 12.0 Å². The van der Waals surface area contributed by atoms with Crippen molar-refractivity contribution in [3.8, 4) is 0 Å². The first-order valence-electron chi connectivity index (χ1n) is 6.69. The van der Waals surface area contributed by atoms with Crippen LogP contribution in [-0.4, -0.2) is 44.9 Å². The minimum absolute atomic E-state index is 0.256. The molecule has 0 bridgehead atoms. The lowest BCUT2D eigenvalue weighted by Crippen LogP contribution is -2.43. The third kappa shape index (κ3) is 3.72. The molecule has 1 aromatic heterocycles. The van der Waals surface area contributed by atoms with E-state index in [4.69, 9.17) is 5.11 Å². The smallest absolute Gasteiger partial charge is 0.323 e. The molecule has 20 heavy (non-hydrogen) atoms. The zero-order chi connectivity index (χ0) is 14.7. The van der Waals surface area contributed by atoms with Crippen molar-refractivity contribution in [1.29, 1.82) is 0 Å². The Labute approximate surface area is 117 Å². The van der Waals surface area contributed by atoms with E-state index in [-0.39, 0.29) is 12.6 Å². The quantitative estimate of drug-likeness (QED) is 0.804. The molecule has 1 heterocycles. The molecular weight excluding hydrogens is 260 g/mol. The van der Waals surface area contributed by atoms with Crippen LogP contribution < -0.4 is 5.32 Å². The van der Waals surface area contributed by atoms with Gasteiger partial charge in [0.1, 0.15) is 6.54 Å². The first kappa shape index (κ1) is 14.4. The van der Waals surface area contributed by atoms with Gasteiger partial charge in [-0.1, -0.05) is 0 Å². The van der Waals surface area contributed by atoms with Gasteiger partial charge < -0.3 is 15.3 Å². The van der Waals surface area contributed by atoms with E-state index in [1.807, 2.05) is 14.0 Å². The molecular formula is C13H20N4O3. The van der Waals surface area contributed by atoms with Crippen molar-refractivity contribution >= 4 is 12.0 Å². The Balaban J connectivity index is 1.90. The number of aliphatic carboxylic acids is 1. The van der Waals surface area contributed by atoms with Gasteiger partial charge in [-0.15, -0.1) is 0 Å². The highest BCUT2D eigenvalue weighted by molar-refractivity contribution is 5.80. The number of amides is 2. The van der Waals surface area contributed by atoms with Gasteiger partial charge in [0.05, 0.1) is 6.20 Å². The normalized spacial score (nSPS) is 14.1. The van der Waals surface area contributed by atoms with Gasteiger partial charge in [-0.3, -0.25) is 9.48 Å². The maximum Gasteiger partial charge on any atom is 0.323 e. The highest BCUT2D eigenvalue weighted by atomic mass is 16.4. The summed E-state index contributed by atoms with van der Waals surface area (Å²) in [6.45, 7) is 2.55. The lowest BCUT2D eigenvalue weighted by atomic mass is 10.2. The van der Waals surface area contributed by atoms with Crippen LogP contribution in [0.25, 0.3) is 0 Å². The van der Waals surface area contributed by atoms with Crippen molar-refractivity contribution in [1.82, 2.24) is 20.0 Å². The van der Waals surface area contributed by atoms with Crippen LogP contribution in [0.2, 0.25) is 0 Å². The van der Waals surface area contributed by atoms with Crippen molar-refractivity contribution in [3.05, 3.63) is 17.5 Å². The van der Waals surface area contributed by atoms with Crippen LogP contribution in [-0.2, 0) is 18.4 Å². The molecule has 1 aliphatic rings. The fourth-order valence-electron chi connectivity index (χ4n) is 1.99. The Morgan fingerprint density at radius 2 is 2.25 bits per heavy atom. The minimum atomic E-state index is -0.988. The van der Waals surface area contributed by atoms with Gasteiger partial charge in [0, 0.05) is 31.4 Å². The highest BCUT2D eigenvalue weighted by Crippen LogP contribution is 2.29. The van der Waals surface area contributed by atoms with E-state index >= 15 is 0 Å². The Hall–Kier alpha value is -2.05. The number of nitrogens with one attached hydrogen (secondary N) is 1. The molecule has 2 N–H and O–H groups in total. The predicted molar refractivity (Wildman–Crippen MR) is 72.1 cm³/mol. The van der Waals surface area contributed by atoms with Crippen molar-refractivity contribution < 1.29 is 14.7 Å². The van der Waals surface area contributed by atoms with E-state index in [9.17, 15) is 9.59 Å². The third-order valence-electron chi connectivity index (χ3n) is 3.56. The second-order valence-corrected chi connectivity index (χ2v) is 5.26. The average Bonchev–Trinajstić information content (AvgIpc) is 3.14. The lowest BCUT2D eigenvalue weighted by molar-refractivity contribution is -0.137. The molecule has 0 saturated heterocycles. The monoisotopic (exact) mass is 280 g/mol. The average molecular weight is 280 g/mol. The Kier molecular flexibility index (Phi) is 4.26. The number of hydrogen-bond acceptors (Lipinski definition) is 3. The second-order valence-electron chi connectivity index (χ2n) is 5.26. The van der Waals surface area contributed by atoms with Crippen LogP contribution in [0.15, 0.2) is 6.20 Å². The summed E-state index contributed by atoms with van der Waals surface area (Å²) in [5.74, 6) is -0.529. The molecule has 0 aromatic carbocycles. The fraction of sp³-hybridized carbons (Fsp3) is 0.615. The number of carbonyl (C=O) groups excluding carboxylic acids is 1. The van der Waals surface area contributed by atoms with Crippen molar-refractivity contribution in [2.75, 3.05) is 13.1 Å². The zero-order valence-electron chi connectivity index (χ0n) is 11.8. The predicted octanol–water partition coefficient (Wildman–Crippen LogP) is 0.735. The Bertz CT molecular complexity index is 508. The number of carboxylic acid groups (broad SMARTS) is 1. The number of urea groups is 1. The summed E-state index contributed by atoms with van der Waals surface area (Å²) in [5.41, 5.74) is 1.92. The van der Waals surface area contributed by atoms with Crippen molar-refractivity contribution in [2.45, 2.75) is 26.3 Å². The zero-order valence-corrected chi connectivity index (χ0v) is 11.8. The number of carbonyl (C=O) groups is 2. The molecule has 2 rings (SSSR count). The van der Waals surface area contributed by atoms with E-state index in [1.165, 1.54) is 4.90 Å². The molecule has 0 unspecified atom stereocenters. The van der Waals surface area contributed by atoms with Crippen LogP contribution >= 0.6 is 0 Å². The maximum atomic E-state index is 12.1. The van der Waals surface area contributed by atoms with E-state index in [2.05, 4.69) is 10.4 Å². The van der Waals surface area contributed by atoms with Crippen LogP contribution in [0.4, 0.5) is 4.79 Å². The molecule has 0 atom stereocenters. The number of rotatable bonds is 6. The molecule has 0 aliphatic heterocycles. The number of aromatic nitrogens is 2. The standard InChI is InChI=1S/C13H20N4O3/c1-9-11(6-15-16(9)2)5-14-13(20)17(8-12(18)19)7-10-3-4-10/h6,10H,3-5,7-8H2,1-2H3,(H,14,20)(H,18,19). The number of nitrogens with zero attached hydrogens (tertiary/aromatic N) is 3. The molecule has 2 amide bonds. The largest absolute Gasteiger partial charge is 0.480 e. The van der Waals surface area contributed by atoms with Gasteiger partial charge in [0.15, 0.2) is 0 Å². The molecule has 0 radical (unpaired) electrons. The number of carboxylic acids is 1. The minimum Gasteiger partial charge on any atom is -0.480 e. The first-order chi connectivity index (χ1) is 9.47. The summed E-state index contributed by atoms with van der Waals surface area (Å²) < 4.78 is 1.74. The molecule has 1 fully saturated rings. The molecule has 1 aliphatic carbocycles. The van der Waals surface area contributed by atoms with E-state index in [0.717, 1.165) is 24.1 Å². The van der Waals surface area contributed by atoms with Crippen LogP contribution in [0.3, 0.4) is 0 Å². The Morgan fingerprint density at radius 3 is 2.75 bits per heavy atom. The van der Waals surface area contributed by atoms with Crippen LogP contribution in [0.5, 0.6) is 0 Å². The summed E-state index contributed by atoms with van der Waals surface area (Å²) in [4.78, 5) is 24.2. The van der Waals surface area contributed by atoms with Gasteiger partial charge in [0.2, 0.25) is 0 Å². The van der Waals surface area contributed by atoms with E-state index < -0.39 is 5.97 Å². The molecule has 7 heteroatoms. The van der Waals surface area contributed by atoms with Gasteiger partial charge in [-0.2, -0.15) is 5.10 Å². The summed E-state index contributed by atoms with van der Waals surface area (Å²) in [5, 5.41) is 15.7. The first-order valence-corrected chi connectivity index (χ1v) is 6.69. The third-order valence-corrected chi connectivity index (χ3v) is 3.56. The SMILES string of the molecule is Cc1c(CNC(=O)N(CC(=O)O)CC2CC2)cnn1C. The molecule has 7 nitrogen and oxygen atoms in total. The van der Waals surface area contributed by atoms with Gasteiger partial charge in [-0.05, 0) is 25.7 Å². The second kappa shape index (κ2) is 5.94. The summed E-state index contributed by atoms with van der Waals surface area (Å²) in [7, 11) is 1.84. The van der Waals surface area contributed by atoms with Crippen molar-refractivity contribution in [2.24, 2.45) is 13.0 Å². The highest BCUT2D eigenvalue weighted by Gasteiger charge is 2.27. The fourth-order valence-corrected chi connectivity index (χ4v) is 1.99. The number of aryl methyl sites for hydroxylation is 1.